The van der Waals surface area contributed by atoms with Crippen molar-refractivity contribution in [2.75, 3.05) is 0 Å². The van der Waals surface area contributed by atoms with Crippen molar-refractivity contribution in [3.63, 3.8) is 0 Å². The lowest BCUT2D eigenvalue weighted by atomic mass is 9.50. The smallest absolute Gasteiger partial charge is 0.150 e. The van der Waals surface area contributed by atoms with Gasteiger partial charge >= 0.3 is 0 Å². The molecule has 1 aromatic carbocycles. The molecule has 19 heavy (non-hydrogen) atoms. The van der Waals surface area contributed by atoms with Crippen LogP contribution in [0.4, 0.5) is 0 Å². The zero-order valence-corrected chi connectivity index (χ0v) is 11.6. The molecule has 2 atom stereocenters. The van der Waals surface area contributed by atoms with Gasteiger partial charge < -0.3 is 0 Å². The average molecular weight is 254 g/mol. The minimum absolute atomic E-state index is 0.200. The van der Waals surface area contributed by atoms with Gasteiger partial charge in [0.25, 0.3) is 0 Å². The van der Waals surface area contributed by atoms with Crippen LogP contribution in [0.15, 0.2) is 36.4 Å². The molecule has 0 amide bonds. The lowest BCUT2D eigenvalue weighted by Crippen LogP contribution is -2.55. The molecule has 3 aliphatic rings. The van der Waals surface area contributed by atoms with Gasteiger partial charge in [-0.05, 0) is 18.1 Å². The second-order valence-electron chi connectivity index (χ2n) is 6.45. The summed E-state index contributed by atoms with van der Waals surface area (Å²) in [4.78, 5) is 25.0. The number of carbonyl (C=O) groups is 2. The topological polar surface area (TPSA) is 34.1 Å². The van der Waals surface area contributed by atoms with E-state index in [9.17, 15) is 9.59 Å². The number of carbonyl (C=O) groups excluding carboxylic acids is 2. The highest BCUT2D eigenvalue weighted by Gasteiger charge is 2.59. The first kappa shape index (κ1) is 12.3. The molecule has 4 rings (SSSR count). The normalized spacial score (nSPS) is 32.4. The van der Waals surface area contributed by atoms with Crippen LogP contribution in [0.5, 0.6) is 0 Å². The standard InChI is InChI=1S/C17H18O2/c1-16(2)13-9-12(11-7-5-4-6-8-11)17(3,15(16)19)10-14(13)18/h4-9,13H,10H2,1-3H3/t13-,17-/m1/s1. The molecule has 1 fully saturated rings. The fraction of sp³-hybridized carbons (Fsp3) is 0.412. The van der Waals surface area contributed by atoms with Gasteiger partial charge in [0.1, 0.15) is 11.6 Å². The summed E-state index contributed by atoms with van der Waals surface area (Å²) in [6, 6.07) is 9.94. The maximum atomic E-state index is 12.8. The summed E-state index contributed by atoms with van der Waals surface area (Å²) in [6.07, 6.45) is 2.38. The Hall–Kier alpha value is -1.70. The Bertz CT molecular complexity index is 595. The van der Waals surface area contributed by atoms with E-state index in [2.05, 4.69) is 0 Å². The summed E-state index contributed by atoms with van der Waals surface area (Å²) < 4.78 is 0. The summed E-state index contributed by atoms with van der Waals surface area (Å²) >= 11 is 0. The largest absolute Gasteiger partial charge is 0.299 e. The Morgan fingerprint density at radius 2 is 1.68 bits per heavy atom. The van der Waals surface area contributed by atoms with Crippen molar-refractivity contribution in [1.29, 1.82) is 0 Å². The summed E-state index contributed by atoms with van der Waals surface area (Å²) in [6.45, 7) is 5.71. The van der Waals surface area contributed by atoms with E-state index >= 15 is 0 Å². The lowest BCUT2D eigenvalue weighted by Gasteiger charge is -2.50. The van der Waals surface area contributed by atoms with Crippen LogP contribution in [0, 0.1) is 16.7 Å². The van der Waals surface area contributed by atoms with Crippen molar-refractivity contribution in [2.45, 2.75) is 27.2 Å². The highest BCUT2D eigenvalue weighted by atomic mass is 16.1. The Morgan fingerprint density at radius 3 is 2.32 bits per heavy atom. The van der Waals surface area contributed by atoms with Crippen LogP contribution in [-0.4, -0.2) is 11.6 Å². The molecule has 0 aliphatic heterocycles. The first-order valence-corrected chi connectivity index (χ1v) is 6.73. The number of hydrogen-bond acceptors (Lipinski definition) is 2. The molecule has 2 bridgehead atoms. The zero-order chi connectivity index (χ0) is 13.8. The average Bonchev–Trinajstić information content (AvgIpc) is 2.37. The fourth-order valence-electron chi connectivity index (χ4n) is 3.70. The van der Waals surface area contributed by atoms with Crippen LogP contribution in [-0.2, 0) is 9.59 Å². The number of hydrogen-bond donors (Lipinski definition) is 0. The second-order valence-corrected chi connectivity index (χ2v) is 6.45. The molecule has 2 nitrogen and oxygen atoms in total. The number of fused-ring (bicyclic) bond motifs is 2. The summed E-state index contributed by atoms with van der Waals surface area (Å²) in [5, 5.41) is 0. The molecule has 0 unspecified atom stereocenters. The van der Waals surface area contributed by atoms with E-state index in [1.165, 1.54) is 0 Å². The first-order valence-electron chi connectivity index (χ1n) is 6.73. The van der Waals surface area contributed by atoms with Gasteiger partial charge in [-0.2, -0.15) is 0 Å². The molecular formula is C17H18O2. The third kappa shape index (κ3) is 1.49. The van der Waals surface area contributed by atoms with Crippen LogP contribution < -0.4 is 0 Å². The van der Waals surface area contributed by atoms with E-state index < -0.39 is 10.8 Å². The molecule has 98 valence electrons. The van der Waals surface area contributed by atoms with Gasteiger partial charge in [-0.15, -0.1) is 0 Å². The molecule has 2 heteroatoms. The summed E-state index contributed by atoms with van der Waals surface area (Å²) in [5.41, 5.74) is 0.868. The van der Waals surface area contributed by atoms with Crippen LogP contribution in [0.1, 0.15) is 32.8 Å². The number of ketones is 2. The molecule has 0 saturated heterocycles. The van der Waals surface area contributed by atoms with E-state index in [4.69, 9.17) is 0 Å². The van der Waals surface area contributed by atoms with Crippen LogP contribution in [0.25, 0.3) is 5.57 Å². The van der Waals surface area contributed by atoms with Gasteiger partial charge in [0, 0.05) is 17.8 Å². The first-order chi connectivity index (χ1) is 8.87. The van der Waals surface area contributed by atoms with Gasteiger partial charge in [0.15, 0.2) is 0 Å². The predicted molar refractivity (Wildman–Crippen MR) is 74.4 cm³/mol. The van der Waals surface area contributed by atoms with Crippen molar-refractivity contribution < 1.29 is 9.59 Å². The van der Waals surface area contributed by atoms with Crippen LogP contribution in [0.2, 0.25) is 0 Å². The van der Waals surface area contributed by atoms with Crippen molar-refractivity contribution in [1.82, 2.24) is 0 Å². The van der Waals surface area contributed by atoms with Gasteiger partial charge in [0.2, 0.25) is 0 Å². The summed E-state index contributed by atoms with van der Waals surface area (Å²) in [5.74, 6) is 0.134. The van der Waals surface area contributed by atoms with Crippen molar-refractivity contribution >= 4 is 17.1 Å². The number of rotatable bonds is 1. The number of benzene rings is 1. The van der Waals surface area contributed by atoms with E-state index in [0.29, 0.717) is 6.42 Å². The van der Waals surface area contributed by atoms with Gasteiger partial charge in [-0.3, -0.25) is 9.59 Å². The lowest BCUT2D eigenvalue weighted by molar-refractivity contribution is -0.150. The third-order valence-corrected chi connectivity index (χ3v) is 4.75. The molecule has 0 spiro atoms. The van der Waals surface area contributed by atoms with E-state index in [0.717, 1.165) is 11.1 Å². The zero-order valence-electron chi connectivity index (χ0n) is 11.6. The van der Waals surface area contributed by atoms with E-state index in [-0.39, 0.29) is 17.5 Å². The quantitative estimate of drug-likeness (QED) is 0.770. The van der Waals surface area contributed by atoms with Crippen molar-refractivity contribution in [3.05, 3.63) is 42.0 Å². The van der Waals surface area contributed by atoms with Crippen LogP contribution >= 0.6 is 0 Å². The highest BCUT2D eigenvalue weighted by molar-refractivity contribution is 6.13. The van der Waals surface area contributed by atoms with E-state index in [1.54, 1.807) is 0 Å². The Balaban J connectivity index is 2.22. The molecule has 1 aromatic rings. The van der Waals surface area contributed by atoms with Gasteiger partial charge in [-0.1, -0.05) is 50.3 Å². The predicted octanol–water partition coefficient (Wildman–Crippen LogP) is 3.27. The molecule has 0 aromatic heterocycles. The molecule has 0 N–H and O–H groups in total. The molecule has 0 radical (unpaired) electrons. The van der Waals surface area contributed by atoms with E-state index in [1.807, 2.05) is 57.2 Å². The molecule has 0 heterocycles. The van der Waals surface area contributed by atoms with Crippen molar-refractivity contribution in [3.8, 4) is 0 Å². The van der Waals surface area contributed by atoms with Gasteiger partial charge in [-0.25, -0.2) is 0 Å². The Morgan fingerprint density at radius 1 is 1.05 bits per heavy atom. The van der Waals surface area contributed by atoms with Gasteiger partial charge in [0.05, 0.1) is 5.41 Å². The number of Topliss-reactive ketones (excluding diaryl/α,β-unsaturated/α-hetero) is 2. The Labute approximate surface area is 113 Å². The second kappa shape index (κ2) is 3.66. The fourth-order valence-corrected chi connectivity index (χ4v) is 3.70. The number of allylic oxidation sites excluding steroid dienone is 2. The maximum Gasteiger partial charge on any atom is 0.150 e. The maximum absolute atomic E-state index is 12.8. The SMILES string of the molecule is CC1(C)C(=O)[C@]2(C)CC(=O)[C@H]1C=C2c1ccccc1. The Kier molecular flexibility index (Phi) is 2.38. The van der Waals surface area contributed by atoms with Crippen LogP contribution in [0.3, 0.4) is 0 Å². The summed E-state index contributed by atoms with van der Waals surface area (Å²) in [7, 11) is 0. The monoisotopic (exact) mass is 254 g/mol. The van der Waals surface area contributed by atoms with Crippen molar-refractivity contribution in [2.24, 2.45) is 16.7 Å². The molecule has 3 aliphatic carbocycles. The highest BCUT2D eigenvalue weighted by Crippen LogP contribution is 2.56. The molecular weight excluding hydrogens is 236 g/mol. The minimum atomic E-state index is -0.656. The minimum Gasteiger partial charge on any atom is -0.299 e. The molecule has 1 saturated carbocycles. The third-order valence-electron chi connectivity index (χ3n) is 4.75.